The standard InChI is InChI=1S/C11H22N2O2/c1-13(6-5-12-10-3-4-10)9-11-14-7-2-8-15-11/h10-12H,2-9H2,1H3. The molecule has 0 atom stereocenters. The fraction of sp³-hybridized carbons (Fsp3) is 1.00. The van der Waals surface area contributed by atoms with Crippen LogP contribution in [0.2, 0.25) is 0 Å². The molecule has 1 saturated heterocycles. The minimum Gasteiger partial charge on any atom is -0.351 e. The van der Waals surface area contributed by atoms with Gasteiger partial charge in [-0.25, -0.2) is 0 Å². The third kappa shape index (κ3) is 4.47. The summed E-state index contributed by atoms with van der Waals surface area (Å²) in [5.74, 6) is 0. The first-order chi connectivity index (χ1) is 7.34. The molecule has 1 aliphatic carbocycles. The molecule has 0 aromatic carbocycles. The molecule has 1 saturated carbocycles. The van der Waals surface area contributed by atoms with E-state index in [-0.39, 0.29) is 6.29 Å². The molecular formula is C11H22N2O2. The minimum absolute atomic E-state index is 0.00956. The van der Waals surface area contributed by atoms with Crippen molar-refractivity contribution in [1.82, 2.24) is 10.2 Å². The van der Waals surface area contributed by atoms with Gasteiger partial charge >= 0.3 is 0 Å². The van der Waals surface area contributed by atoms with Crippen molar-refractivity contribution in [2.75, 3.05) is 39.9 Å². The zero-order chi connectivity index (χ0) is 10.5. The Morgan fingerprint density at radius 3 is 2.67 bits per heavy atom. The molecule has 0 bridgehead atoms. The first kappa shape index (κ1) is 11.3. The van der Waals surface area contributed by atoms with Crippen molar-refractivity contribution >= 4 is 0 Å². The van der Waals surface area contributed by atoms with E-state index in [1.165, 1.54) is 12.8 Å². The third-order valence-corrected chi connectivity index (χ3v) is 2.86. The summed E-state index contributed by atoms with van der Waals surface area (Å²) in [6.45, 7) is 4.72. The lowest BCUT2D eigenvalue weighted by molar-refractivity contribution is -0.184. The molecule has 88 valence electrons. The Hall–Kier alpha value is -0.160. The van der Waals surface area contributed by atoms with E-state index in [1.54, 1.807) is 0 Å². The van der Waals surface area contributed by atoms with Crippen molar-refractivity contribution < 1.29 is 9.47 Å². The van der Waals surface area contributed by atoms with Crippen LogP contribution in [0.4, 0.5) is 0 Å². The Labute approximate surface area is 91.9 Å². The predicted molar refractivity (Wildman–Crippen MR) is 58.8 cm³/mol. The van der Waals surface area contributed by atoms with E-state index in [1.807, 2.05) is 0 Å². The maximum absolute atomic E-state index is 5.50. The second-order valence-corrected chi connectivity index (χ2v) is 4.52. The van der Waals surface area contributed by atoms with Gasteiger partial charge in [0.2, 0.25) is 0 Å². The van der Waals surface area contributed by atoms with E-state index in [4.69, 9.17) is 9.47 Å². The molecule has 2 aliphatic rings. The smallest absolute Gasteiger partial charge is 0.170 e. The summed E-state index contributed by atoms with van der Waals surface area (Å²) in [4.78, 5) is 2.27. The van der Waals surface area contributed by atoms with Crippen LogP contribution in [0.25, 0.3) is 0 Å². The molecule has 4 heteroatoms. The molecule has 1 aliphatic heterocycles. The van der Waals surface area contributed by atoms with Gasteiger partial charge in [-0.3, -0.25) is 0 Å². The van der Waals surface area contributed by atoms with E-state index in [9.17, 15) is 0 Å². The fourth-order valence-corrected chi connectivity index (χ4v) is 1.73. The summed E-state index contributed by atoms with van der Waals surface area (Å²) < 4.78 is 11.0. The summed E-state index contributed by atoms with van der Waals surface area (Å²) >= 11 is 0. The highest BCUT2D eigenvalue weighted by Crippen LogP contribution is 2.17. The lowest BCUT2D eigenvalue weighted by Gasteiger charge is -2.27. The number of nitrogens with one attached hydrogen (secondary N) is 1. The molecule has 0 spiro atoms. The van der Waals surface area contributed by atoms with Crippen LogP contribution in [0.3, 0.4) is 0 Å². The second-order valence-electron chi connectivity index (χ2n) is 4.52. The lowest BCUT2D eigenvalue weighted by atomic mass is 10.4. The SMILES string of the molecule is CN(CCNC1CC1)CC1OCCCO1. The van der Waals surface area contributed by atoms with Gasteiger partial charge in [0, 0.05) is 25.7 Å². The van der Waals surface area contributed by atoms with E-state index in [0.717, 1.165) is 45.3 Å². The van der Waals surface area contributed by atoms with Crippen molar-refractivity contribution in [3.63, 3.8) is 0 Å². The first-order valence-electron chi connectivity index (χ1n) is 6.00. The Balaban J connectivity index is 1.51. The van der Waals surface area contributed by atoms with Gasteiger partial charge in [0.25, 0.3) is 0 Å². The zero-order valence-electron chi connectivity index (χ0n) is 9.58. The van der Waals surface area contributed by atoms with Crippen LogP contribution in [-0.4, -0.2) is 57.1 Å². The van der Waals surface area contributed by atoms with Crippen molar-refractivity contribution in [1.29, 1.82) is 0 Å². The van der Waals surface area contributed by atoms with Gasteiger partial charge in [-0.15, -0.1) is 0 Å². The summed E-state index contributed by atoms with van der Waals surface area (Å²) in [6.07, 6.45) is 3.74. The van der Waals surface area contributed by atoms with Gasteiger partial charge in [0.1, 0.15) is 0 Å². The monoisotopic (exact) mass is 214 g/mol. The van der Waals surface area contributed by atoms with Crippen molar-refractivity contribution in [3.05, 3.63) is 0 Å². The summed E-state index contributed by atoms with van der Waals surface area (Å²) in [6, 6.07) is 0.806. The largest absolute Gasteiger partial charge is 0.351 e. The number of hydrogen-bond acceptors (Lipinski definition) is 4. The number of hydrogen-bond donors (Lipinski definition) is 1. The van der Waals surface area contributed by atoms with Gasteiger partial charge < -0.3 is 19.7 Å². The van der Waals surface area contributed by atoms with E-state index >= 15 is 0 Å². The highest BCUT2D eigenvalue weighted by molar-refractivity contribution is 4.80. The van der Waals surface area contributed by atoms with Crippen molar-refractivity contribution in [2.45, 2.75) is 31.6 Å². The molecule has 0 radical (unpaired) electrons. The second kappa shape index (κ2) is 5.80. The molecule has 1 heterocycles. The Morgan fingerprint density at radius 1 is 1.27 bits per heavy atom. The Bertz CT molecular complexity index is 179. The Morgan fingerprint density at radius 2 is 2.00 bits per heavy atom. The fourth-order valence-electron chi connectivity index (χ4n) is 1.73. The number of ether oxygens (including phenoxy) is 2. The van der Waals surface area contributed by atoms with Crippen molar-refractivity contribution in [2.24, 2.45) is 0 Å². The normalized spacial score (nSPS) is 23.6. The topological polar surface area (TPSA) is 33.7 Å². The molecule has 0 amide bonds. The van der Waals surface area contributed by atoms with Gasteiger partial charge in [0.15, 0.2) is 6.29 Å². The first-order valence-corrected chi connectivity index (χ1v) is 6.00. The molecule has 0 aromatic rings. The molecule has 2 rings (SSSR count). The van der Waals surface area contributed by atoms with Crippen LogP contribution in [-0.2, 0) is 9.47 Å². The van der Waals surface area contributed by atoms with E-state index in [2.05, 4.69) is 17.3 Å². The van der Waals surface area contributed by atoms with Crippen LogP contribution in [0.15, 0.2) is 0 Å². The number of rotatable bonds is 6. The number of nitrogens with zero attached hydrogens (tertiary/aromatic N) is 1. The van der Waals surface area contributed by atoms with Crippen molar-refractivity contribution in [3.8, 4) is 0 Å². The minimum atomic E-state index is -0.00956. The van der Waals surface area contributed by atoms with Gasteiger partial charge in [-0.2, -0.15) is 0 Å². The molecule has 0 aromatic heterocycles. The third-order valence-electron chi connectivity index (χ3n) is 2.86. The predicted octanol–water partition coefficient (Wildman–Crippen LogP) is 0.433. The van der Waals surface area contributed by atoms with Crippen LogP contribution < -0.4 is 5.32 Å². The molecule has 2 fully saturated rings. The average Bonchev–Trinajstić information content (AvgIpc) is 3.03. The van der Waals surface area contributed by atoms with Crippen LogP contribution in [0, 0.1) is 0 Å². The van der Waals surface area contributed by atoms with E-state index < -0.39 is 0 Å². The highest BCUT2D eigenvalue weighted by Gasteiger charge is 2.20. The van der Waals surface area contributed by atoms with Crippen LogP contribution in [0.5, 0.6) is 0 Å². The maximum Gasteiger partial charge on any atom is 0.170 e. The van der Waals surface area contributed by atoms with Crippen LogP contribution in [0.1, 0.15) is 19.3 Å². The summed E-state index contributed by atoms with van der Waals surface area (Å²) in [5.41, 5.74) is 0. The highest BCUT2D eigenvalue weighted by atomic mass is 16.7. The zero-order valence-corrected chi connectivity index (χ0v) is 9.58. The number of likely N-dealkylation sites (N-methyl/N-ethyl adjacent to an activating group) is 1. The molecule has 15 heavy (non-hydrogen) atoms. The summed E-state index contributed by atoms with van der Waals surface area (Å²) in [7, 11) is 2.12. The molecule has 0 unspecified atom stereocenters. The maximum atomic E-state index is 5.50. The average molecular weight is 214 g/mol. The van der Waals surface area contributed by atoms with E-state index in [0.29, 0.717) is 0 Å². The van der Waals surface area contributed by atoms with Gasteiger partial charge in [-0.1, -0.05) is 0 Å². The van der Waals surface area contributed by atoms with Gasteiger partial charge in [-0.05, 0) is 26.3 Å². The lowest BCUT2D eigenvalue weighted by Crippen LogP contribution is -2.39. The summed E-state index contributed by atoms with van der Waals surface area (Å²) in [5, 5.41) is 3.50. The van der Waals surface area contributed by atoms with Gasteiger partial charge in [0.05, 0.1) is 13.2 Å². The Kier molecular flexibility index (Phi) is 4.38. The molecule has 4 nitrogen and oxygen atoms in total. The molecular weight excluding hydrogens is 192 g/mol. The quantitative estimate of drug-likeness (QED) is 0.695. The molecule has 1 N–H and O–H groups in total. The van der Waals surface area contributed by atoms with Crippen LogP contribution >= 0.6 is 0 Å².